The van der Waals surface area contributed by atoms with Crippen molar-refractivity contribution >= 4 is 16.9 Å². The van der Waals surface area contributed by atoms with Crippen LogP contribution in [0.2, 0.25) is 0 Å². The minimum absolute atomic E-state index is 0.0903. The highest BCUT2D eigenvalue weighted by atomic mass is 16.5. The lowest BCUT2D eigenvalue weighted by Gasteiger charge is -2.27. The Morgan fingerprint density at radius 1 is 1.26 bits per heavy atom. The number of hydrogen-bond donors (Lipinski definition) is 2. The van der Waals surface area contributed by atoms with Crippen LogP contribution in [0, 0.1) is 6.92 Å². The van der Waals surface area contributed by atoms with Crippen molar-refractivity contribution in [3.8, 4) is 11.5 Å². The minimum Gasteiger partial charge on any atom is -0.508 e. The number of morpholine rings is 1. The molecule has 0 radical (unpaired) electrons. The van der Waals surface area contributed by atoms with Gasteiger partial charge in [-0.1, -0.05) is 0 Å². The summed E-state index contributed by atoms with van der Waals surface area (Å²) in [6, 6.07) is 2.43. The average molecular weight is 319 g/mol. The molecule has 23 heavy (non-hydrogen) atoms. The zero-order valence-electron chi connectivity index (χ0n) is 12.7. The second-order valence-corrected chi connectivity index (χ2v) is 5.50. The zero-order chi connectivity index (χ0) is 16.6. The van der Waals surface area contributed by atoms with Gasteiger partial charge in [0.1, 0.15) is 17.1 Å². The second-order valence-electron chi connectivity index (χ2n) is 5.50. The quantitative estimate of drug-likeness (QED) is 0.798. The number of phenolic OH excluding ortho intramolecular Hbond substituents is 2. The monoisotopic (exact) mass is 319 g/mol. The molecular formula is C16H17NO6. The minimum atomic E-state index is -0.637. The third kappa shape index (κ3) is 2.87. The van der Waals surface area contributed by atoms with Gasteiger partial charge in [0.15, 0.2) is 0 Å². The van der Waals surface area contributed by atoms with Crippen molar-refractivity contribution in [2.75, 3.05) is 26.3 Å². The smallest absolute Gasteiger partial charge is 0.340 e. The molecule has 1 aromatic carbocycles. The summed E-state index contributed by atoms with van der Waals surface area (Å²) in [4.78, 5) is 26.1. The van der Waals surface area contributed by atoms with E-state index in [1.54, 1.807) is 11.8 Å². The third-order valence-electron chi connectivity index (χ3n) is 4.03. The van der Waals surface area contributed by atoms with E-state index in [1.807, 2.05) is 0 Å². The Kier molecular flexibility index (Phi) is 3.96. The first-order chi connectivity index (χ1) is 11.0. The Hall–Kier alpha value is -2.54. The summed E-state index contributed by atoms with van der Waals surface area (Å²) in [5.41, 5.74) is 0.152. The lowest BCUT2D eigenvalue weighted by atomic mass is 10.0. The number of hydrogen-bond acceptors (Lipinski definition) is 6. The molecule has 1 saturated heterocycles. The number of rotatable bonds is 2. The molecule has 2 heterocycles. The summed E-state index contributed by atoms with van der Waals surface area (Å²) in [5, 5.41) is 19.8. The van der Waals surface area contributed by atoms with E-state index >= 15 is 0 Å². The largest absolute Gasteiger partial charge is 0.508 e. The molecule has 1 amide bonds. The predicted molar refractivity (Wildman–Crippen MR) is 81.7 cm³/mol. The lowest BCUT2D eigenvalue weighted by Crippen LogP contribution is -2.42. The SMILES string of the molecule is Cc1c(CC(=O)N2CCOCC2)c(=O)oc2cc(O)cc(O)c12. The van der Waals surface area contributed by atoms with Gasteiger partial charge in [0, 0.05) is 25.2 Å². The van der Waals surface area contributed by atoms with Crippen molar-refractivity contribution in [3.63, 3.8) is 0 Å². The Bertz CT molecular complexity index is 819. The Morgan fingerprint density at radius 2 is 1.96 bits per heavy atom. The average Bonchev–Trinajstić information content (AvgIpc) is 2.51. The number of phenols is 2. The molecule has 1 fully saturated rings. The molecule has 7 nitrogen and oxygen atoms in total. The van der Waals surface area contributed by atoms with Crippen LogP contribution in [-0.4, -0.2) is 47.3 Å². The van der Waals surface area contributed by atoms with Gasteiger partial charge in [-0.05, 0) is 12.5 Å². The molecule has 3 rings (SSSR count). The van der Waals surface area contributed by atoms with Crippen molar-refractivity contribution in [3.05, 3.63) is 33.7 Å². The molecule has 1 aliphatic rings. The van der Waals surface area contributed by atoms with E-state index < -0.39 is 5.63 Å². The van der Waals surface area contributed by atoms with E-state index in [2.05, 4.69) is 0 Å². The van der Waals surface area contributed by atoms with Gasteiger partial charge < -0.3 is 24.3 Å². The number of benzene rings is 1. The molecule has 122 valence electrons. The molecule has 2 N–H and O–H groups in total. The highest BCUT2D eigenvalue weighted by molar-refractivity contribution is 5.90. The van der Waals surface area contributed by atoms with Gasteiger partial charge in [0.2, 0.25) is 5.91 Å². The van der Waals surface area contributed by atoms with Crippen LogP contribution in [0.1, 0.15) is 11.1 Å². The topological polar surface area (TPSA) is 100 Å². The van der Waals surface area contributed by atoms with E-state index in [-0.39, 0.29) is 35.0 Å². The first kappa shape index (κ1) is 15.4. The fourth-order valence-electron chi connectivity index (χ4n) is 2.79. The van der Waals surface area contributed by atoms with E-state index in [0.29, 0.717) is 37.3 Å². The van der Waals surface area contributed by atoms with Gasteiger partial charge in [0.25, 0.3) is 0 Å². The first-order valence-corrected chi connectivity index (χ1v) is 7.31. The van der Waals surface area contributed by atoms with Crippen LogP contribution in [-0.2, 0) is 16.0 Å². The maximum atomic E-state index is 12.3. The molecule has 1 aliphatic heterocycles. The van der Waals surface area contributed by atoms with Crippen molar-refractivity contribution in [2.45, 2.75) is 13.3 Å². The molecule has 0 spiro atoms. The fraction of sp³-hybridized carbons (Fsp3) is 0.375. The van der Waals surface area contributed by atoms with Crippen molar-refractivity contribution < 1.29 is 24.2 Å². The third-order valence-corrected chi connectivity index (χ3v) is 4.03. The van der Waals surface area contributed by atoms with E-state index in [4.69, 9.17) is 9.15 Å². The van der Waals surface area contributed by atoms with Crippen LogP contribution >= 0.6 is 0 Å². The highest BCUT2D eigenvalue weighted by Crippen LogP contribution is 2.32. The predicted octanol–water partition coefficient (Wildman–Crippen LogP) is 0.914. The van der Waals surface area contributed by atoms with E-state index in [0.717, 1.165) is 0 Å². The summed E-state index contributed by atoms with van der Waals surface area (Å²) in [7, 11) is 0. The number of amides is 1. The summed E-state index contributed by atoms with van der Waals surface area (Å²) in [5.74, 6) is -0.572. The van der Waals surface area contributed by atoms with Gasteiger partial charge in [-0.25, -0.2) is 4.79 Å². The molecule has 1 aromatic heterocycles. The standard InChI is InChI=1S/C16H17NO6/c1-9-11(8-14(20)17-2-4-22-5-3-17)16(21)23-13-7-10(18)6-12(19)15(9)13/h6-7,18-19H,2-5,8H2,1H3. The Labute approximate surface area is 131 Å². The van der Waals surface area contributed by atoms with Crippen LogP contribution < -0.4 is 5.63 Å². The van der Waals surface area contributed by atoms with E-state index in [9.17, 15) is 19.8 Å². The summed E-state index contributed by atoms with van der Waals surface area (Å²) < 4.78 is 10.4. The van der Waals surface area contributed by atoms with Crippen LogP contribution in [0.5, 0.6) is 11.5 Å². The number of aromatic hydroxyl groups is 2. The number of aryl methyl sites for hydroxylation is 1. The van der Waals surface area contributed by atoms with Gasteiger partial charge in [-0.2, -0.15) is 0 Å². The molecule has 0 aliphatic carbocycles. The summed E-state index contributed by atoms with van der Waals surface area (Å²) >= 11 is 0. The number of fused-ring (bicyclic) bond motifs is 1. The normalized spacial score (nSPS) is 15.1. The molecule has 2 aromatic rings. The number of nitrogens with zero attached hydrogens (tertiary/aromatic N) is 1. The molecular weight excluding hydrogens is 302 g/mol. The Morgan fingerprint density at radius 3 is 2.65 bits per heavy atom. The Balaban J connectivity index is 2.00. The number of carbonyl (C=O) groups excluding carboxylic acids is 1. The van der Waals surface area contributed by atoms with E-state index in [1.165, 1.54) is 12.1 Å². The highest BCUT2D eigenvalue weighted by Gasteiger charge is 2.22. The van der Waals surface area contributed by atoms with Crippen LogP contribution in [0.3, 0.4) is 0 Å². The maximum Gasteiger partial charge on any atom is 0.340 e. The van der Waals surface area contributed by atoms with Crippen LogP contribution in [0.15, 0.2) is 21.3 Å². The van der Waals surface area contributed by atoms with Crippen molar-refractivity contribution in [1.29, 1.82) is 0 Å². The van der Waals surface area contributed by atoms with Gasteiger partial charge in [0.05, 0.1) is 30.6 Å². The fourth-order valence-corrected chi connectivity index (χ4v) is 2.79. The van der Waals surface area contributed by atoms with Gasteiger partial charge in [-0.3, -0.25) is 4.79 Å². The molecule has 0 atom stereocenters. The summed E-state index contributed by atoms with van der Waals surface area (Å²) in [6.07, 6.45) is -0.0928. The second kappa shape index (κ2) is 5.92. The molecule has 7 heteroatoms. The van der Waals surface area contributed by atoms with Gasteiger partial charge >= 0.3 is 5.63 Å². The van der Waals surface area contributed by atoms with Crippen molar-refractivity contribution in [2.24, 2.45) is 0 Å². The summed E-state index contributed by atoms with van der Waals surface area (Å²) in [6.45, 7) is 3.61. The molecule has 0 saturated carbocycles. The molecule has 0 bridgehead atoms. The number of ether oxygens (including phenoxy) is 1. The lowest BCUT2D eigenvalue weighted by molar-refractivity contribution is -0.134. The zero-order valence-corrected chi connectivity index (χ0v) is 12.7. The van der Waals surface area contributed by atoms with Gasteiger partial charge in [-0.15, -0.1) is 0 Å². The first-order valence-electron chi connectivity index (χ1n) is 7.31. The number of carbonyl (C=O) groups is 1. The van der Waals surface area contributed by atoms with Crippen LogP contribution in [0.25, 0.3) is 11.0 Å². The van der Waals surface area contributed by atoms with Crippen molar-refractivity contribution in [1.82, 2.24) is 4.90 Å². The molecule has 0 unspecified atom stereocenters. The maximum absolute atomic E-state index is 12.3. The van der Waals surface area contributed by atoms with Crippen LogP contribution in [0.4, 0.5) is 0 Å².